The average Bonchev–Trinajstić information content (AvgIpc) is 3.13. The van der Waals surface area contributed by atoms with E-state index in [-0.39, 0.29) is 5.82 Å². The molecule has 2 saturated heterocycles. The third-order valence-electron chi connectivity index (χ3n) is 6.68. The predicted octanol–water partition coefficient (Wildman–Crippen LogP) is 5.15. The molecular weight excluding hydrogens is 447 g/mol. The first-order chi connectivity index (χ1) is 16.6. The fraction of sp³-hybridized carbons (Fsp3) is 0.577. The molecule has 0 spiro atoms. The van der Waals surface area contributed by atoms with Crippen LogP contribution in [-0.4, -0.2) is 47.8 Å². The summed E-state index contributed by atoms with van der Waals surface area (Å²) in [5, 5.41) is 7.03. The number of piperidine rings is 1. The lowest BCUT2D eigenvalue weighted by atomic mass is 10.0. The van der Waals surface area contributed by atoms with Crippen LogP contribution < -0.4 is 20.4 Å². The van der Waals surface area contributed by atoms with Crippen molar-refractivity contribution in [2.75, 3.05) is 47.8 Å². The Kier molecular flexibility index (Phi) is 8.91. The zero-order valence-corrected chi connectivity index (χ0v) is 21.0. The second-order valence-electron chi connectivity index (χ2n) is 9.61. The van der Waals surface area contributed by atoms with Crippen molar-refractivity contribution in [3.8, 4) is 0 Å². The number of thiocarbonyl (C=S) groups is 1. The Morgan fingerprint density at radius 3 is 2.38 bits per heavy atom. The highest BCUT2D eigenvalue weighted by Gasteiger charge is 2.21. The Morgan fingerprint density at radius 2 is 1.68 bits per heavy atom. The summed E-state index contributed by atoms with van der Waals surface area (Å²) in [6, 6.07) is 8.83. The minimum Gasteiger partial charge on any atom is -0.362 e. The molecule has 34 heavy (non-hydrogen) atoms. The van der Waals surface area contributed by atoms with Crippen molar-refractivity contribution >= 4 is 34.9 Å². The van der Waals surface area contributed by atoms with Gasteiger partial charge in [-0.1, -0.05) is 31.9 Å². The van der Waals surface area contributed by atoms with E-state index in [0.29, 0.717) is 17.0 Å². The number of hydrogen-bond donors (Lipinski definition) is 2. The fourth-order valence-corrected chi connectivity index (χ4v) is 4.98. The molecule has 184 valence electrons. The van der Waals surface area contributed by atoms with Crippen molar-refractivity contribution in [1.82, 2.24) is 15.3 Å². The molecule has 0 aliphatic carbocycles. The molecular formula is C26H37FN6S. The number of benzene rings is 1. The smallest absolute Gasteiger partial charge is 0.232 e. The van der Waals surface area contributed by atoms with Crippen molar-refractivity contribution in [2.45, 2.75) is 58.3 Å². The van der Waals surface area contributed by atoms with Gasteiger partial charge >= 0.3 is 0 Å². The quantitative estimate of drug-likeness (QED) is 0.416. The number of halogens is 1. The first-order valence-electron chi connectivity index (χ1n) is 12.7. The normalized spacial score (nSPS) is 18.9. The SMILES string of the molecule is CC1CCCN(c2cc(N3CCCCCC3)nc(NC(=S)NCCCc3ccc(F)cc3)n2)C1. The number of hydrogen-bond acceptors (Lipinski definition) is 5. The molecule has 0 bridgehead atoms. The Morgan fingerprint density at radius 1 is 1.00 bits per heavy atom. The van der Waals surface area contributed by atoms with Gasteiger partial charge in [-0.3, -0.25) is 0 Å². The zero-order chi connectivity index (χ0) is 23.8. The summed E-state index contributed by atoms with van der Waals surface area (Å²) in [6.45, 7) is 7.18. The summed E-state index contributed by atoms with van der Waals surface area (Å²) in [5.74, 6) is 3.01. The fourth-order valence-electron chi connectivity index (χ4n) is 4.79. The number of aryl methyl sites for hydroxylation is 1. The number of nitrogens with zero attached hydrogens (tertiary/aromatic N) is 4. The Labute approximate surface area is 208 Å². The first kappa shape index (κ1) is 24.6. The van der Waals surface area contributed by atoms with E-state index < -0.39 is 0 Å². The van der Waals surface area contributed by atoms with Crippen LogP contribution in [0, 0.1) is 11.7 Å². The van der Waals surface area contributed by atoms with Crippen LogP contribution in [0.1, 0.15) is 57.4 Å². The average molecular weight is 485 g/mol. The molecule has 1 aromatic carbocycles. The molecule has 1 unspecified atom stereocenters. The van der Waals surface area contributed by atoms with Gasteiger partial charge < -0.3 is 20.4 Å². The second kappa shape index (κ2) is 12.3. The second-order valence-corrected chi connectivity index (χ2v) is 10.0. The molecule has 0 radical (unpaired) electrons. The van der Waals surface area contributed by atoms with Crippen molar-refractivity contribution in [3.63, 3.8) is 0 Å². The molecule has 3 heterocycles. The summed E-state index contributed by atoms with van der Waals surface area (Å²) in [4.78, 5) is 14.5. The minimum atomic E-state index is -0.201. The number of nitrogens with one attached hydrogen (secondary N) is 2. The van der Waals surface area contributed by atoms with Gasteiger partial charge in [0.25, 0.3) is 0 Å². The summed E-state index contributed by atoms with van der Waals surface area (Å²) >= 11 is 5.54. The van der Waals surface area contributed by atoms with E-state index in [2.05, 4.69) is 33.4 Å². The molecule has 6 nitrogen and oxygen atoms in total. The van der Waals surface area contributed by atoms with Gasteiger partial charge in [0, 0.05) is 38.8 Å². The molecule has 2 N–H and O–H groups in total. The standard InChI is InChI=1S/C26H37FN6S/c1-20-8-7-17-33(19-20)24-18-23(32-15-4-2-3-5-16-32)29-25(30-24)31-26(34)28-14-6-9-21-10-12-22(27)13-11-21/h10-13,18,20H,2-9,14-17,19H2,1H3,(H2,28,29,30,31,34). The van der Waals surface area contributed by atoms with E-state index in [1.54, 1.807) is 0 Å². The summed E-state index contributed by atoms with van der Waals surface area (Å²) in [5.41, 5.74) is 1.12. The predicted molar refractivity (Wildman–Crippen MR) is 142 cm³/mol. The third-order valence-corrected chi connectivity index (χ3v) is 6.92. The number of aromatic nitrogens is 2. The topological polar surface area (TPSA) is 56.3 Å². The van der Waals surface area contributed by atoms with Crippen LogP contribution in [0.5, 0.6) is 0 Å². The van der Waals surface area contributed by atoms with E-state index in [1.807, 2.05) is 12.1 Å². The van der Waals surface area contributed by atoms with Gasteiger partial charge in [0.1, 0.15) is 17.5 Å². The summed E-state index contributed by atoms with van der Waals surface area (Å²) in [6.07, 6.45) is 9.23. The van der Waals surface area contributed by atoms with Crippen LogP contribution in [0.4, 0.5) is 22.0 Å². The van der Waals surface area contributed by atoms with Crippen LogP contribution in [0.25, 0.3) is 0 Å². The lowest BCUT2D eigenvalue weighted by Gasteiger charge is -2.33. The highest BCUT2D eigenvalue weighted by atomic mass is 32.1. The maximum absolute atomic E-state index is 13.1. The molecule has 0 amide bonds. The van der Waals surface area contributed by atoms with E-state index >= 15 is 0 Å². The number of anilines is 3. The Hall–Kier alpha value is -2.48. The maximum Gasteiger partial charge on any atom is 0.232 e. The van der Waals surface area contributed by atoms with Crippen LogP contribution in [0.3, 0.4) is 0 Å². The minimum absolute atomic E-state index is 0.201. The van der Waals surface area contributed by atoms with E-state index in [1.165, 1.54) is 50.7 Å². The number of rotatable bonds is 7. The van der Waals surface area contributed by atoms with Crippen molar-refractivity contribution < 1.29 is 4.39 Å². The van der Waals surface area contributed by atoms with Gasteiger partial charge in [-0.25, -0.2) is 4.39 Å². The lowest BCUT2D eigenvalue weighted by Crippen LogP contribution is -2.36. The third kappa shape index (κ3) is 7.26. The molecule has 1 atom stereocenters. The molecule has 1 aromatic heterocycles. The van der Waals surface area contributed by atoms with E-state index in [0.717, 1.165) is 62.8 Å². The molecule has 0 saturated carbocycles. The molecule has 2 aliphatic rings. The van der Waals surface area contributed by atoms with Gasteiger partial charge in [-0.05, 0) is 74.4 Å². The van der Waals surface area contributed by atoms with Crippen molar-refractivity contribution in [2.24, 2.45) is 5.92 Å². The van der Waals surface area contributed by atoms with Gasteiger partial charge in [-0.2, -0.15) is 9.97 Å². The molecule has 2 fully saturated rings. The highest BCUT2D eigenvalue weighted by Crippen LogP contribution is 2.27. The van der Waals surface area contributed by atoms with Crippen molar-refractivity contribution in [1.29, 1.82) is 0 Å². The molecule has 8 heteroatoms. The van der Waals surface area contributed by atoms with Crippen LogP contribution >= 0.6 is 12.2 Å². The monoisotopic (exact) mass is 484 g/mol. The van der Waals surface area contributed by atoms with E-state index in [4.69, 9.17) is 22.2 Å². The van der Waals surface area contributed by atoms with E-state index in [9.17, 15) is 4.39 Å². The summed E-state index contributed by atoms with van der Waals surface area (Å²) < 4.78 is 13.1. The van der Waals surface area contributed by atoms with Crippen LogP contribution in [-0.2, 0) is 6.42 Å². The first-order valence-corrected chi connectivity index (χ1v) is 13.2. The van der Waals surface area contributed by atoms with Gasteiger partial charge in [-0.15, -0.1) is 0 Å². The Balaban J connectivity index is 1.39. The zero-order valence-electron chi connectivity index (χ0n) is 20.2. The maximum atomic E-state index is 13.1. The largest absolute Gasteiger partial charge is 0.362 e. The van der Waals surface area contributed by atoms with Crippen molar-refractivity contribution in [3.05, 3.63) is 41.7 Å². The van der Waals surface area contributed by atoms with Gasteiger partial charge in [0.05, 0.1) is 0 Å². The van der Waals surface area contributed by atoms with Crippen LogP contribution in [0.15, 0.2) is 30.3 Å². The summed E-state index contributed by atoms with van der Waals surface area (Å²) in [7, 11) is 0. The van der Waals surface area contributed by atoms with Gasteiger partial charge in [0.2, 0.25) is 5.95 Å². The highest BCUT2D eigenvalue weighted by molar-refractivity contribution is 7.80. The Bertz CT molecular complexity index is 909. The molecule has 2 aromatic rings. The van der Waals surface area contributed by atoms with Crippen LogP contribution in [0.2, 0.25) is 0 Å². The molecule has 2 aliphatic heterocycles. The van der Waals surface area contributed by atoms with Gasteiger partial charge in [0.15, 0.2) is 5.11 Å². The molecule has 4 rings (SSSR count). The lowest BCUT2D eigenvalue weighted by molar-refractivity contribution is 0.444.